The normalized spacial score (nSPS) is 10.3. The third kappa shape index (κ3) is 2.58. The summed E-state index contributed by atoms with van der Waals surface area (Å²) >= 11 is 3.43. The first-order chi connectivity index (χ1) is 8.08. The summed E-state index contributed by atoms with van der Waals surface area (Å²) in [6.45, 7) is 3.48. The number of nitrogens with zero attached hydrogens (tertiary/aromatic N) is 2. The van der Waals surface area contributed by atoms with Crippen LogP contribution < -0.4 is 0 Å². The molecule has 1 aromatic carbocycles. The fourth-order valence-corrected chi connectivity index (χ4v) is 1.91. The lowest BCUT2D eigenvalue weighted by Crippen LogP contribution is -2.01. The molecule has 0 aliphatic carbocycles. The maximum Gasteiger partial charge on any atom is 0.196 e. The molecule has 0 fully saturated rings. The van der Waals surface area contributed by atoms with Crippen LogP contribution in [0.4, 0.5) is 0 Å². The Labute approximate surface area is 108 Å². The molecule has 0 bridgehead atoms. The van der Waals surface area contributed by atoms with Gasteiger partial charge in [-0.3, -0.25) is 4.79 Å². The molecule has 86 valence electrons. The zero-order valence-corrected chi connectivity index (χ0v) is 11.2. The smallest absolute Gasteiger partial charge is 0.196 e. The second-order valence-corrected chi connectivity index (χ2v) is 4.70. The van der Waals surface area contributed by atoms with E-state index < -0.39 is 0 Å². The predicted octanol–water partition coefficient (Wildman–Crippen LogP) is 3.42. The minimum Gasteiger partial charge on any atom is -0.291 e. The molecule has 3 nitrogen and oxygen atoms in total. The quantitative estimate of drug-likeness (QED) is 0.796. The van der Waals surface area contributed by atoms with E-state index in [1.165, 1.54) is 6.92 Å². The van der Waals surface area contributed by atoms with Crippen LogP contribution in [0.25, 0.3) is 11.3 Å². The number of halogens is 1. The standard InChI is InChI=1S/C13H11BrN2O/c1-8-3-4-10(14)7-11(8)12-5-6-15-13(16-12)9(2)17/h3-7H,1-2H3. The highest BCUT2D eigenvalue weighted by molar-refractivity contribution is 9.10. The summed E-state index contributed by atoms with van der Waals surface area (Å²) in [5.74, 6) is 0.126. The molecule has 0 N–H and O–H groups in total. The van der Waals surface area contributed by atoms with E-state index >= 15 is 0 Å². The summed E-state index contributed by atoms with van der Waals surface area (Å²) < 4.78 is 0.987. The van der Waals surface area contributed by atoms with Crippen LogP contribution in [-0.2, 0) is 0 Å². The number of carbonyl (C=O) groups excluding carboxylic acids is 1. The average molecular weight is 291 g/mol. The van der Waals surface area contributed by atoms with Gasteiger partial charge in [0.1, 0.15) is 0 Å². The van der Waals surface area contributed by atoms with E-state index in [2.05, 4.69) is 25.9 Å². The van der Waals surface area contributed by atoms with Crippen molar-refractivity contribution in [1.29, 1.82) is 0 Å². The van der Waals surface area contributed by atoms with Crippen molar-refractivity contribution in [2.75, 3.05) is 0 Å². The van der Waals surface area contributed by atoms with Gasteiger partial charge < -0.3 is 0 Å². The van der Waals surface area contributed by atoms with Crippen molar-refractivity contribution in [3.63, 3.8) is 0 Å². The fourth-order valence-electron chi connectivity index (χ4n) is 1.55. The van der Waals surface area contributed by atoms with Gasteiger partial charge in [0.05, 0.1) is 5.69 Å². The summed E-state index contributed by atoms with van der Waals surface area (Å²) in [5, 5.41) is 0. The molecule has 0 radical (unpaired) electrons. The highest BCUT2D eigenvalue weighted by Gasteiger charge is 2.08. The van der Waals surface area contributed by atoms with E-state index in [9.17, 15) is 4.79 Å². The van der Waals surface area contributed by atoms with Crippen LogP contribution in [0.2, 0.25) is 0 Å². The molecule has 17 heavy (non-hydrogen) atoms. The van der Waals surface area contributed by atoms with Crippen LogP contribution in [0.1, 0.15) is 23.1 Å². The number of aryl methyl sites for hydroxylation is 1. The Bertz CT molecular complexity index is 581. The van der Waals surface area contributed by atoms with Crippen LogP contribution in [-0.4, -0.2) is 15.8 Å². The zero-order valence-electron chi connectivity index (χ0n) is 9.57. The average Bonchev–Trinajstić information content (AvgIpc) is 2.32. The van der Waals surface area contributed by atoms with Gasteiger partial charge in [0.2, 0.25) is 0 Å². The molecule has 1 heterocycles. The molecule has 0 unspecified atom stereocenters. The molecule has 0 spiro atoms. The molecule has 2 rings (SSSR count). The van der Waals surface area contributed by atoms with Crippen LogP contribution in [0.3, 0.4) is 0 Å². The third-order valence-corrected chi connectivity index (χ3v) is 2.94. The molecule has 0 aliphatic rings. The highest BCUT2D eigenvalue weighted by atomic mass is 79.9. The number of hydrogen-bond donors (Lipinski definition) is 0. The first-order valence-corrected chi connectivity index (χ1v) is 5.98. The minimum atomic E-state index is -0.125. The minimum absolute atomic E-state index is 0.125. The van der Waals surface area contributed by atoms with Gasteiger partial charge in [-0.1, -0.05) is 22.0 Å². The van der Waals surface area contributed by atoms with Gasteiger partial charge in [-0.15, -0.1) is 0 Å². The largest absolute Gasteiger partial charge is 0.291 e. The molecule has 4 heteroatoms. The fraction of sp³-hybridized carbons (Fsp3) is 0.154. The number of rotatable bonds is 2. The lowest BCUT2D eigenvalue weighted by Gasteiger charge is -2.06. The van der Waals surface area contributed by atoms with Crippen molar-refractivity contribution in [2.45, 2.75) is 13.8 Å². The van der Waals surface area contributed by atoms with Crippen molar-refractivity contribution in [3.05, 3.63) is 46.3 Å². The Hall–Kier alpha value is -1.55. The SMILES string of the molecule is CC(=O)c1nccc(-c2cc(Br)ccc2C)n1. The Balaban J connectivity index is 2.56. The number of carbonyl (C=O) groups is 1. The predicted molar refractivity (Wildman–Crippen MR) is 69.9 cm³/mol. The maximum absolute atomic E-state index is 11.2. The second-order valence-electron chi connectivity index (χ2n) is 3.78. The molecule has 0 saturated heterocycles. The highest BCUT2D eigenvalue weighted by Crippen LogP contribution is 2.25. The first-order valence-electron chi connectivity index (χ1n) is 5.18. The molecular formula is C13H11BrN2O. The Morgan fingerprint density at radius 2 is 2.06 bits per heavy atom. The van der Waals surface area contributed by atoms with Crippen LogP contribution in [0.5, 0.6) is 0 Å². The molecule has 1 aromatic heterocycles. The number of aromatic nitrogens is 2. The lowest BCUT2D eigenvalue weighted by atomic mass is 10.1. The monoisotopic (exact) mass is 290 g/mol. The van der Waals surface area contributed by atoms with E-state index in [1.807, 2.05) is 25.1 Å². The van der Waals surface area contributed by atoms with Gasteiger partial charge in [0.25, 0.3) is 0 Å². The first kappa shape index (κ1) is 11.9. The zero-order chi connectivity index (χ0) is 12.4. The Kier molecular flexibility index (Phi) is 3.33. The summed E-state index contributed by atoms with van der Waals surface area (Å²) in [4.78, 5) is 19.5. The van der Waals surface area contributed by atoms with Gasteiger partial charge in [-0.05, 0) is 30.7 Å². The summed E-state index contributed by atoms with van der Waals surface area (Å²) in [7, 11) is 0. The molecule has 0 atom stereocenters. The molecule has 0 amide bonds. The Morgan fingerprint density at radius 1 is 1.29 bits per heavy atom. The van der Waals surface area contributed by atoms with E-state index in [0.717, 1.165) is 21.3 Å². The van der Waals surface area contributed by atoms with Crippen LogP contribution in [0.15, 0.2) is 34.9 Å². The van der Waals surface area contributed by atoms with E-state index in [-0.39, 0.29) is 11.6 Å². The van der Waals surface area contributed by atoms with Gasteiger partial charge in [0, 0.05) is 23.2 Å². The van der Waals surface area contributed by atoms with Crippen molar-refractivity contribution in [3.8, 4) is 11.3 Å². The van der Waals surface area contributed by atoms with Gasteiger partial charge >= 0.3 is 0 Å². The molecule has 2 aromatic rings. The van der Waals surface area contributed by atoms with Gasteiger partial charge in [0.15, 0.2) is 11.6 Å². The van der Waals surface area contributed by atoms with Crippen molar-refractivity contribution >= 4 is 21.7 Å². The number of ketones is 1. The van der Waals surface area contributed by atoms with Crippen molar-refractivity contribution in [2.24, 2.45) is 0 Å². The molecular weight excluding hydrogens is 280 g/mol. The van der Waals surface area contributed by atoms with Crippen LogP contribution >= 0.6 is 15.9 Å². The van der Waals surface area contributed by atoms with Gasteiger partial charge in [-0.25, -0.2) is 9.97 Å². The van der Waals surface area contributed by atoms with Crippen LogP contribution in [0, 0.1) is 6.92 Å². The van der Waals surface area contributed by atoms with Gasteiger partial charge in [-0.2, -0.15) is 0 Å². The number of Topliss-reactive ketones (excluding diaryl/α,β-unsaturated/α-hetero) is 1. The third-order valence-electron chi connectivity index (χ3n) is 2.45. The van der Waals surface area contributed by atoms with E-state index in [1.54, 1.807) is 12.3 Å². The number of benzene rings is 1. The molecule has 0 aliphatic heterocycles. The second kappa shape index (κ2) is 4.75. The summed E-state index contributed by atoms with van der Waals surface area (Å²) in [6.07, 6.45) is 1.61. The topological polar surface area (TPSA) is 42.9 Å². The summed E-state index contributed by atoms with van der Waals surface area (Å²) in [5.41, 5.74) is 2.88. The number of hydrogen-bond acceptors (Lipinski definition) is 3. The van der Waals surface area contributed by atoms with E-state index in [0.29, 0.717) is 0 Å². The lowest BCUT2D eigenvalue weighted by molar-refractivity contribution is 0.100. The Morgan fingerprint density at radius 3 is 2.76 bits per heavy atom. The van der Waals surface area contributed by atoms with Crippen molar-refractivity contribution < 1.29 is 4.79 Å². The maximum atomic E-state index is 11.2. The van der Waals surface area contributed by atoms with Crippen molar-refractivity contribution in [1.82, 2.24) is 9.97 Å². The molecule has 0 saturated carbocycles. The summed E-state index contributed by atoms with van der Waals surface area (Å²) in [6, 6.07) is 7.78. The van der Waals surface area contributed by atoms with E-state index in [4.69, 9.17) is 0 Å².